The van der Waals surface area contributed by atoms with Gasteiger partial charge in [-0.3, -0.25) is 4.57 Å². The number of benzene rings is 3. The molecule has 7 heteroatoms. The van der Waals surface area contributed by atoms with E-state index in [1.165, 1.54) is 11.1 Å². The highest BCUT2D eigenvalue weighted by atomic mass is 35.5. The van der Waals surface area contributed by atoms with Gasteiger partial charge in [0.15, 0.2) is 11.0 Å². The third kappa shape index (κ3) is 4.46. The van der Waals surface area contributed by atoms with E-state index in [1.807, 2.05) is 41.0 Å². The summed E-state index contributed by atoms with van der Waals surface area (Å²) in [6.45, 7) is 2.09. The van der Waals surface area contributed by atoms with Crippen molar-refractivity contribution < 1.29 is 0 Å². The zero-order valence-electron chi connectivity index (χ0n) is 15.4. The summed E-state index contributed by atoms with van der Waals surface area (Å²) in [6.07, 6.45) is 0. The second-order valence-electron chi connectivity index (χ2n) is 6.50. The van der Waals surface area contributed by atoms with Crippen LogP contribution in [0.15, 0.2) is 71.9 Å². The molecule has 0 N–H and O–H groups in total. The molecule has 0 aliphatic rings. The fourth-order valence-corrected chi connectivity index (χ4v) is 4.39. The summed E-state index contributed by atoms with van der Waals surface area (Å²) in [5, 5.41) is 11.2. The topological polar surface area (TPSA) is 30.7 Å². The maximum absolute atomic E-state index is 6.44. The Bertz CT molecular complexity index is 1170. The van der Waals surface area contributed by atoms with Crippen molar-refractivity contribution in [3.63, 3.8) is 0 Å². The van der Waals surface area contributed by atoms with E-state index in [0.29, 0.717) is 20.9 Å². The van der Waals surface area contributed by atoms with E-state index in [2.05, 4.69) is 41.4 Å². The minimum Gasteiger partial charge on any atom is -0.270 e. The van der Waals surface area contributed by atoms with Gasteiger partial charge >= 0.3 is 0 Å². The highest BCUT2D eigenvalue weighted by molar-refractivity contribution is 7.98. The van der Waals surface area contributed by atoms with Crippen LogP contribution >= 0.6 is 46.6 Å². The molecule has 0 radical (unpaired) electrons. The first-order chi connectivity index (χ1) is 14.0. The van der Waals surface area contributed by atoms with Crippen LogP contribution in [-0.2, 0) is 5.75 Å². The van der Waals surface area contributed by atoms with E-state index in [9.17, 15) is 0 Å². The standard InChI is InChI=1S/C22H16Cl3N3S/c1-14-5-4-6-15(11-14)13-29-22-27-26-21(17-7-2-3-8-18(17)23)28(22)16-9-10-19(24)20(25)12-16/h2-12H,13H2,1H3. The van der Waals surface area contributed by atoms with E-state index < -0.39 is 0 Å². The number of halogens is 3. The lowest BCUT2D eigenvalue weighted by Crippen LogP contribution is -2.00. The number of nitrogens with zero attached hydrogens (tertiary/aromatic N) is 3. The van der Waals surface area contributed by atoms with Crippen molar-refractivity contribution in [1.29, 1.82) is 0 Å². The van der Waals surface area contributed by atoms with Gasteiger partial charge in [-0.1, -0.05) is 88.5 Å². The summed E-state index contributed by atoms with van der Waals surface area (Å²) in [4.78, 5) is 0. The lowest BCUT2D eigenvalue weighted by Gasteiger charge is -2.12. The van der Waals surface area contributed by atoms with Gasteiger partial charge in [-0.2, -0.15) is 0 Å². The largest absolute Gasteiger partial charge is 0.270 e. The zero-order valence-corrected chi connectivity index (χ0v) is 18.5. The summed E-state index contributed by atoms with van der Waals surface area (Å²) < 4.78 is 1.96. The van der Waals surface area contributed by atoms with Crippen LogP contribution in [0.3, 0.4) is 0 Å². The molecule has 0 unspecified atom stereocenters. The van der Waals surface area contributed by atoms with Crippen LogP contribution < -0.4 is 0 Å². The van der Waals surface area contributed by atoms with E-state index in [4.69, 9.17) is 34.8 Å². The molecule has 0 atom stereocenters. The molecule has 0 bridgehead atoms. The lowest BCUT2D eigenvalue weighted by molar-refractivity contribution is 0.886. The summed E-state index contributed by atoms with van der Waals surface area (Å²) in [7, 11) is 0. The number of rotatable bonds is 5. The first kappa shape index (κ1) is 20.3. The Morgan fingerprint density at radius 3 is 2.41 bits per heavy atom. The predicted molar refractivity (Wildman–Crippen MR) is 123 cm³/mol. The number of hydrogen-bond donors (Lipinski definition) is 0. The van der Waals surface area contributed by atoms with Gasteiger partial charge in [0.05, 0.1) is 20.8 Å². The van der Waals surface area contributed by atoms with Crippen LogP contribution in [0.2, 0.25) is 15.1 Å². The molecular weight excluding hydrogens is 445 g/mol. The monoisotopic (exact) mass is 459 g/mol. The fourth-order valence-electron chi connectivity index (χ4n) is 2.99. The van der Waals surface area contributed by atoms with Crippen molar-refractivity contribution in [2.24, 2.45) is 0 Å². The second kappa shape index (κ2) is 8.80. The van der Waals surface area contributed by atoms with Crippen molar-refractivity contribution >= 4 is 46.6 Å². The Morgan fingerprint density at radius 2 is 1.66 bits per heavy atom. The predicted octanol–water partition coefficient (Wildman–Crippen LogP) is 7.50. The van der Waals surface area contributed by atoms with E-state index in [1.54, 1.807) is 17.8 Å². The molecule has 4 rings (SSSR count). The number of thioether (sulfide) groups is 1. The van der Waals surface area contributed by atoms with Crippen molar-refractivity contribution in [1.82, 2.24) is 14.8 Å². The molecule has 0 amide bonds. The van der Waals surface area contributed by atoms with E-state index >= 15 is 0 Å². The third-order valence-corrected chi connectivity index (χ3v) is 6.43. The lowest BCUT2D eigenvalue weighted by atomic mass is 10.2. The van der Waals surface area contributed by atoms with Crippen molar-refractivity contribution in [2.75, 3.05) is 0 Å². The Kier molecular flexibility index (Phi) is 6.16. The van der Waals surface area contributed by atoms with E-state index in [-0.39, 0.29) is 0 Å². The van der Waals surface area contributed by atoms with E-state index in [0.717, 1.165) is 22.2 Å². The second-order valence-corrected chi connectivity index (χ2v) is 8.66. The minimum atomic E-state index is 0.470. The summed E-state index contributed by atoms with van der Waals surface area (Å²) in [5.74, 6) is 1.42. The van der Waals surface area contributed by atoms with Gasteiger partial charge in [-0.15, -0.1) is 10.2 Å². The number of hydrogen-bond acceptors (Lipinski definition) is 3. The molecule has 0 fully saturated rings. The Labute approximate surface area is 188 Å². The average Bonchev–Trinajstić information content (AvgIpc) is 3.12. The van der Waals surface area contributed by atoms with Gasteiger partial charge in [0.1, 0.15) is 0 Å². The summed E-state index contributed by atoms with van der Waals surface area (Å²) >= 11 is 20.4. The fraction of sp³-hybridized carbons (Fsp3) is 0.0909. The molecule has 0 saturated heterocycles. The Balaban J connectivity index is 1.79. The highest BCUT2D eigenvalue weighted by Gasteiger charge is 2.18. The maximum atomic E-state index is 6.44. The summed E-state index contributed by atoms with van der Waals surface area (Å²) in [6, 6.07) is 21.5. The van der Waals surface area contributed by atoms with Crippen molar-refractivity contribution in [3.8, 4) is 17.1 Å². The zero-order chi connectivity index (χ0) is 20.4. The molecule has 146 valence electrons. The molecule has 1 heterocycles. The van der Waals surface area contributed by atoms with Gasteiger partial charge in [0.2, 0.25) is 0 Å². The molecule has 4 aromatic rings. The van der Waals surface area contributed by atoms with Crippen LogP contribution in [0.25, 0.3) is 17.1 Å². The normalized spacial score (nSPS) is 11.0. The molecule has 0 aliphatic heterocycles. The van der Waals surface area contributed by atoms with Crippen LogP contribution in [0.4, 0.5) is 0 Å². The quantitative estimate of drug-likeness (QED) is 0.289. The molecule has 1 aromatic heterocycles. The number of aromatic nitrogens is 3. The van der Waals surface area contributed by atoms with Crippen molar-refractivity contribution in [3.05, 3.63) is 92.9 Å². The van der Waals surface area contributed by atoms with Gasteiger partial charge in [-0.05, 0) is 42.8 Å². The van der Waals surface area contributed by atoms with Crippen LogP contribution in [0.5, 0.6) is 0 Å². The highest BCUT2D eigenvalue weighted by Crippen LogP contribution is 2.34. The van der Waals surface area contributed by atoms with Gasteiger partial charge < -0.3 is 0 Å². The molecule has 29 heavy (non-hydrogen) atoms. The SMILES string of the molecule is Cc1cccc(CSc2nnc(-c3ccccc3Cl)n2-c2ccc(Cl)c(Cl)c2)c1. The van der Waals surface area contributed by atoms with Crippen LogP contribution in [-0.4, -0.2) is 14.8 Å². The van der Waals surface area contributed by atoms with Crippen LogP contribution in [0.1, 0.15) is 11.1 Å². The average molecular weight is 461 g/mol. The first-order valence-electron chi connectivity index (χ1n) is 8.87. The maximum Gasteiger partial charge on any atom is 0.196 e. The minimum absolute atomic E-state index is 0.470. The molecule has 0 aliphatic carbocycles. The Hall–Kier alpha value is -1.98. The van der Waals surface area contributed by atoms with Gasteiger partial charge in [0.25, 0.3) is 0 Å². The molecule has 0 spiro atoms. The van der Waals surface area contributed by atoms with Gasteiger partial charge in [0, 0.05) is 11.3 Å². The Morgan fingerprint density at radius 1 is 0.828 bits per heavy atom. The third-order valence-electron chi connectivity index (χ3n) is 4.36. The molecular formula is C22H16Cl3N3S. The number of aryl methyl sites for hydroxylation is 1. The first-order valence-corrected chi connectivity index (χ1v) is 11.0. The van der Waals surface area contributed by atoms with Gasteiger partial charge in [-0.25, -0.2) is 0 Å². The molecule has 0 saturated carbocycles. The summed E-state index contributed by atoms with van der Waals surface area (Å²) in [5.41, 5.74) is 4.07. The molecule has 3 aromatic carbocycles. The molecule has 3 nitrogen and oxygen atoms in total. The smallest absolute Gasteiger partial charge is 0.196 e. The van der Waals surface area contributed by atoms with Crippen LogP contribution in [0, 0.1) is 6.92 Å². The van der Waals surface area contributed by atoms with Crippen molar-refractivity contribution in [2.45, 2.75) is 17.8 Å².